The molecule has 0 spiro atoms. The normalized spacial score (nSPS) is 14.4. The lowest BCUT2D eigenvalue weighted by atomic mass is 10.1. The van der Waals surface area contributed by atoms with E-state index in [1.807, 2.05) is 62.0 Å². The van der Waals surface area contributed by atoms with Crippen LogP contribution in [0.25, 0.3) is 11.8 Å². The van der Waals surface area contributed by atoms with Crippen molar-refractivity contribution in [2.45, 2.75) is 26.7 Å². The number of benzene rings is 1. The fourth-order valence-corrected chi connectivity index (χ4v) is 2.78. The van der Waals surface area contributed by atoms with Crippen molar-refractivity contribution in [1.82, 2.24) is 14.7 Å². The third-order valence-electron chi connectivity index (χ3n) is 4.35. The molecule has 0 radical (unpaired) electrons. The Morgan fingerprint density at radius 3 is 2.65 bits per heavy atom. The minimum absolute atomic E-state index is 0.0585. The molecule has 4 nitrogen and oxygen atoms in total. The van der Waals surface area contributed by atoms with Crippen LogP contribution in [0.1, 0.15) is 29.8 Å². The lowest BCUT2D eigenvalue weighted by Crippen LogP contribution is -2.26. The number of nitrogens with zero attached hydrogens (tertiary/aromatic N) is 3. The summed E-state index contributed by atoms with van der Waals surface area (Å²) in [6.07, 6.45) is 6.06. The predicted octanol–water partition coefficient (Wildman–Crippen LogP) is 3.37. The molecule has 3 rings (SSSR count). The molecule has 23 heavy (non-hydrogen) atoms. The number of carbonyl (C=O) groups excluding carboxylic acids is 1. The lowest BCUT2D eigenvalue weighted by molar-refractivity contribution is -0.124. The Hall–Kier alpha value is -2.36. The number of likely N-dealkylation sites (N-methyl/N-ethyl adjacent to an activating group) is 1. The molecule has 0 aliphatic heterocycles. The van der Waals surface area contributed by atoms with Gasteiger partial charge in [-0.3, -0.25) is 4.79 Å². The first-order valence-electron chi connectivity index (χ1n) is 8.11. The first-order chi connectivity index (χ1) is 11.1. The van der Waals surface area contributed by atoms with E-state index in [1.165, 1.54) is 12.8 Å². The molecule has 4 heteroatoms. The van der Waals surface area contributed by atoms with Crippen LogP contribution in [0.4, 0.5) is 0 Å². The molecule has 0 saturated heterocycles. The molecule has 1 aromatic heterocycles. The molecule has 1 saturated carbocycles. The van der Waals surface area contributed by atoms with Gasteiger partial charge in [-0.05, 0) is 50.8 Å². The molecular formula is C19H23N3O. The van der Waals surface area contributed by atoms with Crippen molar-refractivity contribution in [2.75, 3.05) is 13.6 Å². The average molecular weight is 309 g/mol. The SMILES string of the molecule is Cc1nn(-c2ccccc2)c(C)c1/C=C\C(=O)N(C)CC1CC1. The van der Waals surface area contributed by atoms with Gasteiger partial charge in [-0.25, -0.2) is 4.68 Å². The summed E-state index contributed by atoms with van der Waals surface area (Å²) in [6.45, 7) is 4.87. The van der Waals surface area contributed by atoms with Crippen molar-refractivity contribution in [3.05, 3.63) is 53.4 Å². The van der Waals surface area contributed by atoms with Crippen LogP contribution in [0.15, 0.2) is 36.4 Å². The smallest absolute Gasteiger partial charge is 0.246 e. The van der Waals surface area contributed by atoms with Gasteiger partial charge in [0.05, 0.1) is 11.4 Å². The number of rotatable bonds is 5. The van der Waals surface area contributed by atoms with Gasteiger partial charge in [0.25, 0.3) is 0 Å². The molecule has 1 fully saturated rings. The highest BCUT2D eigenvalue weighted by molar-refractivity contribution is 5.92. The first kappa shape index (κ1) is 15.5. The van der Waals surface area contributed by atoms with E-state index in [0.29, 0.717) is 5.92 Å². The topological polar surface area (TPSA) is 38.1 Å². The highest BCUT2D eigenvalue weighted by atomic mass is 16.2. The third kappa shape index (κ3) is 3.52. The Morgan fingerprint density at radius 1 is 1.30 bits per heavy atom. The van der Waals surface area contributed by atoms with E-state index in [9.17, 15) is 4.79 Å². The van der Waals surface area contributed by atoms with Crippen LogP contribution in [0.3, 0.4) is 0 Å². The van der Waals surface area contributed by atoms with E-state index in [1.54, 1.807) is 11.0 Å². The Kier molecular flexibility index (Phi) is 4.33. The highest BCUT2D eigenvalue weighted by Crippen LogP contribution is 2.29. The van der Waals surface area contributed by atoms with E-state index in [-0.39, 0.29) is 5.91 Å². The van der Waals surface area contributed by atoms with Crippen molar-refractivity contribution < 1.29 is 4.79 Å². The Labute approximate surface area is 137 Å². The van der Waals surface area contributed by atoms with Crippen LogP contribution in [0.2, 0.25) is 0 Å². The quantitative estimate of drug-likeness (QED) is 0.794. The maximum absolute atomic E-state index is 12.2. The largest absolute Gasteiger partial charge is 0.342 e. The summed E-state index contributed by atoms with van der Waals surface area (Å²) in [5, 5.41) is 4.60. The molecule has 0 unspecified atom stereocenters. The van der Waals surface area contributed by atoms with Gasteiger partial charge in [-0.1, -0.05) is 18.2 Å². The zero-order valence-electron chi connectivity index (χ0n) is 14.0. The van der Waals surface area contributed by atoms with Gasteiger partial charge in [0.2, 0.25) is 5.91 Å². The number of aromatic nitrogens is 2. The zero-order chi connectivity index (χ0) is 16.4. The molecule has 0 N–H and O–H groups in total. The van der Waals surface area contributed by atoms with Crippen molar-refractivity contribution in [3.63, 3.8) is 0 Å². The van der Waals surface area contributed by atoms with Crippen molar-refractivity contribution in [1.29, 1.82) is 0 Å². The van der Waals surface area contributed by atoms with Crippen LogP contribution in [0.5, 0.6) is 0 Å². The van der Waals surface area contributed by atoms with Gasteiger partial charge < -0.3 is 4.90 Å². The summed E-state index contributed by atoms with van der Waals surface area (Å²) in [5.41, 5.74) is 4.02. The van der Waals surface area contributed by atoms with Crippen LogP contribution in [-0.4, -0.2) is 34.2 Å². The maximum Gasteiger partial charge on any atom is 0.246 e. The van der Waals surface area contributed by atoms with Gasteiger partial charge in [-0.15, -0.1) is 0 Å². The molecule has 1 amide bonds. The molecule has 1 aliphatic rings. The molecule has 1 aliphatic carbocycles. The van der Waals surface area contributed by atoms with Crippen molar-refractivity contribution in [2.24, 2.45) is 5.92 Å². The lowest BCUT2D eigenvalue weighted by Gasteiger charge is -2.13. The Balaban J connectivity index is 1.79. The minimum atomic E-state index is 0.0585. The second-order valence-electron chi connectivity index (χ2n) is 6.33. The molecule has 1 heterocycles. The summed E-state index contributed by atoms with van der Waals surface area (Å²) < 4.78 is 1.92. The summed E-state index contributed by atoms with van der Waals surface area (Å²) in [4.78, 5) is 14.0. The monoisotopic (exact) mass is 309 g/mol. The van der Waals surface area contributed by atoms with E-state index >= 15 is 0 Å². The average Bonchev–Trinajstić information content (AvgIpc) is 3.32. The number of hydrogen-bond acceptors (Lipinski definition) is 2. The fourth-order valence-electron chi connectivity index (χ4n) is 2.78. The maximum atomic E-state index is 12.2. The van der Waals surface area contributed by atoms with Crippen LogP contribution in [0, 0.1) is 19.8 Å². The highest BCUT2D eigenvalue weighted by Gasteiger charge is 2.24. The number of para-hydroxylation sites is 1. The first-order valence-corrected chi connectivity index (χ1v) is 8.11. The minimum Gasteiger partial charge on any atom is -0.342 e. The number of amides is 1. The zero-order valence-corrected chi connectivity index (χ0v) is 14.0. The number of hydrogen-bond donors (Lipinski definition) is 0. The van der Waals surface area contributed by atoms with Crippen LogP contribution in [-0.2, 0) is 4.79 Å². The van der Waals surface area contributed by atoms with Gasteiger partial charge >= 0.3 is 0 Å². The predicted molar refractivity (Wildman–Crippen MR) is 92.4 cm³/mol. The van der Waals surface area contributed by atoms with Gasteiger partial charge in [0.15, 0.2) is 0 Å². The molecule has 1 aromatic carbocycles. The van der Waals surface area contributed by atoms with Gasteiger partial charge in [-0.2, -0.15) is 5.10 Å². The standard InChI is InChI=1S/C19H23N3O/c1-14-18(11-12-19(23)21(3)13-16-9-10-16)15(2)22(20-14)17-7-5-4-6-8-17/h4-8,11-12,16H,9-10,13H2,1-3H3/b12-11-. The molecule has 2 aromatic rings. The second-order valence-corrected chi connectivity index (χ2v) is 6.33. The molecule has 0 bridgehead atoms. The number of carbonyl (C=O) groups is 1. The van der Waals surface area contributed by atoms with E-state index in [0.717, 1.165) is 29.2 Å². The third-order valence-corrected chi connectivity index (χ3v) is 4.35. The molecule has 0 atom stereocenters. The second kappa shape index (κ2) is 6.41. The summed E-state index contributed by atoms with van der Waals surface area (Å²) >= 11 is 0. The van der Waals surface area contributed by atoms with Crippen LogP contribution >= 0.6 is 0 Å². The Bertz CT molecular complexity index is 727. The van der Waals surface area contributed by atoms with Crippen molar-refractivity contribution >= 4 is 12.0 Å². The Morgan fingerprint density at radius 2 is 2.00 bits per heavy atom. The van der Waals surface area contributed by atoms with Gasteiger partial charge in [0.1, 0.15) is 0 Å². The van der Waals surface area contributed by atoms with E-state index in [2.05, 4.69) is 5.10 Å². The summed E-state index contributed by atoms with van der Waals surface area (Å²) in [5.74, 6) is 0.768. The van der Waals surface area contributed by atoms with Crippen LogP contribution < -0.4 is 0 Å². The number of aryl methyl sites for hydroxylation is 1. The summed E-state index contributed by atoms with van der Waals surface area (Å²) in [7, 11) is 1.87. The fraction of sp³-hybridized carbons (Fsp3) is 0.368. The summed E-state index contributed by atoms with van der Waals surface area (Å²) in [6, 6.07) is 10.0. The van der Waals surface area contributed by atoms with E-state index in [4.69, 9.17) is 0 Å². The van der Waals surface area contributed by atoms with E-state index < -0.39 is 0 Å². The molecular weight excluding hydrogens is 286 g/mol. The van der Waals surface area contributed by atoms with Crippen molar-refractivity contribution in [3.8, 4) is 5.69 Å². The van der Waals surface area contributed by atoms with Gasteiger partial charge in [0, 0.05) is 30.9 Å². The molecule has 120 valence electrons.